The van der Waals surface area contributed by atoms with Crippen molar-refractivity contribution in [1.82, 2.24) is 9.88 Å². The van der Waals surface area contributed by atoms with Gasteiger partial charge in [-0.25, -0.2) is 0 Å². The highest BCUT2D eigenvalue weighted by Crippen LogP contribution is 2.34. The average Bonchev–Trinajstić information content (AvgIpc) is 3.04. The van der Waals surface area contributed by atoms with E-state index in [1.807, 2.05) is 24.3 Å². The van der Waals surface area contributed by atoms with Gasteiger partial charge >= 0.3 is 0 Å². The third kappa shape index (κ3) is 3.91. The average molecular weight is 342 g/mol. The molecule has 0 spiro atoms. The van der Waals surface area contributed by atoms with Crippen LogP contribution in [-0.2, 0) is 11.2 Å². The Morgan fingerprint density at radius 1 is 1.24 bits per heavy atom. The molecule has 0 aliphatic carbocycles. The number of carbonyl (C=O) groups is 1. The predicted molar refractivity (Wildman–Crippen MR) is 92.6 cm³/mol. The lowest BCUT2D eigenvalue weighted by atomic mass is 10.0. The van der Waals surface area contributed by atoms with Crippen molar-refractivity contribution in [3.63, 3.8) is 0 Å². The van der Waals surface area contributed by atoms with Crippen molar-refractivity contribution in [2.75, 3.05) is 20.8 Å². The number of aliphatic hydroxyl groups excluding tert-OH is 1. The second kappa shape index (κ2) is 7.53. The van der Waals surface area contributed by atoms with Gasteiger partial charge in [-0.1, -0.05) is 12.1 Å². The van der Waals surface area contributed by atoms with E-state index in [1.165, 1.54) is 0 Å². The fourth-order valence-corrected chi connectivity index (χ4v) is 3.15. The number of ether oxygens (including phenoxy) is 2. The summed E-state index contributed by atoms with van der Waals surface area (Å²) in [5, 5.41) is 10.1. The van der Waals surface area contributed by atoms with Crippen LogP contribution in [0.4, 0.5) is 0 Å². The molecule has 132 valence electrons. The number of hydrogen-bond acceptors (Lipinski definition) is 5. The Balaban J connectivity index is 1.76. The molecular formula is C19H22N2O4. The first-order chi connectivity index (χ1) is 12.1. The number of aliphatic hydroxyl groups is 1. The van der Waals surface area contributed by atoms with Crippen LogP contribution < -0.4 is 9.47 Å². The molecule has 1 aromatic carbocycles. The Bertz CT molecular complexity index is 732. The van der Waals surface area contributed by atoms with Gasteiger partial charge in [0.05, 0.1) is 39.0 Å². The van der Waals surface area contributed by atoms with E-state index in [1.54, 1.807) is 37.4 Å². The number of amides is 1. The van der Waals surface area contributed by atoms with Crippen molar-refractivity contribution in [3.05, 3.63) is 53.9 Å². The molecule has 1 N–H and O–H groups in total. The lowest BCUT2D eigenvalue weighted by Crippen LogP contribution is -2.33. The fourth-order valence-electron chi connectivity index (χ4n) is 3.15. The van der Waals surface area contributed by atoms with Crippen LogP contribution in [0.5, 0.6) is 11.5 Å². The van der Waals surface area contributed by atoms with E-state index in [-0.39, 0.29) is 18.4 Å². The van der Waals surface area contributed by atoms with E-state index in [0.29, 0.717) is 24.4 Å². The highest BCUT2D eigenvalue weighted by Gasteiger charge is 2.35. The summed E-state index contributed by atoms with van der Waals surface area (Å²) in [6, 6.07) is 11.0. The molecule has 25 heavy (non-hydrogen) atoms. The van der Waals surface area contributed by atoms with Crippen molar-refractivity contribution >= 4 is 5.91 Å². The highest BCUT2D eigenvalue weighted by atomic mass is 16.5. The largest absolute Gasteiger partial charge is 0.497 e. The normalized spacial score (nSPS) is 19.7. The van der Waals surface area contributed by atoms with Gasteiger partial charge in [0.2, 0.25) is 5.91 Å². The van der Waals surface area contributed by atoms with Crippen molar-refractivity contribution < 1.29 is 19.4 Å². The summed E-state index contributed by atoms with van der Waals surface area (Å²) in [4.78, 5) is 18.7. The van der Waals surface area contributed by atoms with Gasteiger partial charge < -0.3 is 19.5 Å². The molecule has 1 fully saturated rings. The van der Waals surface area contributed by atoms with Crippen LogP contribution in [-0.4, -0.2) is 47.8 Å². The summed E-state index contributed by atoms with van der Waals surface area (Å²) < 4.78 is 10.3. The van der Waals surface area contributed by atoms with Gasteiger partial charge in [-0.2, -0.15) is 0 Å². The Morgan fingerprint density at radius 3 is 2.72 bits per heavy atom. The van der Waals surface area contributed by atoms with Crippen LogP contribution in [0.2, 0.25) is 0 Å². The van der Waals surface area contributed by atoms with Crippen LogP contribution in [0, 0.1) is 0 Å². The number of pyridine rings is 1. The van der Waals surface area contributed by atoms with Gasteiger partial charge in [-0.15, -0.1) is 0 Å². The molecule has 1 saturated heterocycles. The summed E-state index contributed by atoms with van der Waals surface area (Å²) in [7, 11) is 3.19. The molecular weight excluding hydrogens is 320 g/mol. The van der Waals surface area contributed by atoms with Crippen LogP contribution >= 0.6 is 0 Å². The summed E-state index contributed by atoms with van der Waals surface area (Å²) in [6.07, 6.45) is 1.79. The van der Waals surface area contributed by atoms with Gasteiger partial charge in [-0.3, -0.25) is 9.78 Å². The Morgan fingerprint density at radius 2 is 2.04 bits per heavy atom. The molecule has 1 aliphatic rings. The number of nitrogens with zero attached hydrogens (tertiary/aromatic N) is 2. The van der Waals surface area contributed by atoms with E-state index in [2.05, 4.69) is 4.98 Å². The monoisotopic (exact) mass is 342 g/mol. The summed E-state index contributed by atoms with van der Waals surface area (Å²) >= 11 is 0. The maximum absolute atomic E-state index is 12.8. The highest BCUT2D eigenvalue weighted by molar-refractivity contribution is 5.79. The molecule has 0 saturated carbocycles. The summed E-state index contributed by atoms with van der Waals surface area (Å²) in [5.41, 5.74) is 1.64. The number of benzene rings is 1. The molecule has 6 heteroatoms. The van der Waals surface area contributed by atoms with E-state index < -0.39 is 6.10 Å². The third-order valence-corrected chi connectivity index (χ3v) is 4.44. The zero-order valence-corrected chi connectivity index (χ0v) is 14.4. The van der Waals surface area contributed by atoms with Crippen molar-refractivity contribution in [3.8, 4) is 11.5 Å². The van der Waals surface area contributed by atoms with E-state index >= 15 is 0 Å². The molecule has 2 atom stereocenters. The first kappa shape index (κ1) is 17.2. The molecule has 1 aliphatic heterocycles. The second-order valence-corrected chi connectivity index (χ2v) is 6.09. The predicted octanol–water partition coefficient (Wildman–Crippen LogP) is 1.98. The molecule has 0 unspecified atom stereocenters. The summed E-state index contributed by atoms with van der Waals surface area (Å²) in [5.74, 6) is 1.34. The number of rotatable bonds is 5. The fraction of sp³-hybridized carbons (Fsp3) is 0.368. The molecule has 1 aromatic heterocycles. The van der Waals surface area contributed by atoms with Crippen LogP contribution in [0.3, 0.4) is 0 Å². The van der Waals surface area contributed by atoms with Gasteiger partial charge in [0.25, 0.3) is 0 Å². The van der Waals surface area contributed by atoms with Gasteiger partial charge in [-0.05, 0) is 36.2 Å². The lowest BCUT2D eigenvalue weighted by Gasteiger charge is -2.25. The third-order valence-electron chi connectivity index (χ3n) is 4.44. The number of methoxy groups -OCH3 is 2. The van der Waals surface area contributed by atoms with E-state index in [0.717, 1.165) is 11.3 Å². The number of likely N-dealkylation sites (tertiary alicyclic amines) is 1. The number of aromatic nitrogens is 1. The number of hydrogen-bond donors (Lipinski definition) is 1. The standard InChI is InChI=1S/C19H22N2O4/c1-24-16-5-3-4-13(8-16)18-10-15(22)12-21(18)19(23)9-14-6-7-17(25-2)11-20-14/h3-8,11,15,18,22H,9-10,12H2,1-2H3/t15-,18+/m1/s1. The number of β-amino-alcohol motifs (C(OH)–C–C–N with tert-alkyl or cyclic N) is 1. The maximum atomic E-state index is 12.8. The topological polar surface area (TPSA) is 71.9 Å². The van der Waals surface area contributed by atoms with Gasteiger partial charge in [0.15, 0.2) is 0 Å². The molecule has 2 aromatic rings. The van der Waals surface area contributed by atoms with E-state index in [4.69, 9.17) is 9.47 Å². The summed E-state index contributed by atoms with van der Waals surface area (Å²) in [6.45, 7) is 0.330. The Labute approximate surface area is 147 Å². The maximum Gasteiger partial charge on any atom is 0.229 e. The molecule has 0 radical (unpaired) electrons. The van der Waals surface area contributed by atoms with Crippen LogP contribution in [0.25, 0.3) is 0 Å². The zero-order chi connectivity index (χ0) is 17.8. The van der Waals surface area contributed by atoms with Crippen LogP contribution in [0.1, 0.15) is 23.7 Å². The molecule has 6 nitrogen and oxygen atoms in total. The molecule has 1 amide bonds. The van der Waals surface area contributed by atoms with Crippen molar-refractivity contribution in [2.45, 2.75) is 25.0 Å². The lowest BCUT2D eigenvalue weighted by molar-refractivity contribution is -0.131. The Hall–Kier alpha value is -2.60. The molecule has 3 rings (SSSR count). The first-order valence-electron chi connectivity index (χ1n) is 8.21. The quantitative estimate of drug-likeness (QED) is 0.899. The zero-order valence-electron chi connectivity index (χ0n) is 14.4. The second-order valence-electron chi connectivity index (χ2n) is 6.09. The van der Waals surface area contributed by atoms with Gasteiger partial charge in [0.1, 0.15) is 11.5 Å². The van der Waals surface area contributed by atoms with Gasteiger partial charge in [0, 0.05) is 12.2 Å². The minimum atomic E-state index is -0.524. The van der Waals surface area contributed by atoms with Crippen molar-refractivity contribution in [1.29, 1.82) is 0 Å². The number of carbonyl (C=O) groups excluding carboxylic acids is 1. The minimum absolute atomic E-state index is 0.0537. The Kier molecular flexibility index (Phi) is 5.19. The van der Waals surface area contributed by atoms with Crippen LogP contribution in [0.15, 0.2) is 42.6 Å². The smallest absolute Gasteiger partial charge is 0.229 e. The molecule has 2 heterocycles. The SMILES string of the molecule is COc1ccc(CC(=O)N2C[C@H](O)C[C@H]2c2cccc(OC)c2)nc1. The van der Waals surface area contributed by atoms with Crippen molar-refractivity contribution in [2.24, 2.45) is 0 Å². The molecule has 0 bridgehead atoms. The minimum Gasteiger partial charge on any atom is -0.497 e. The first-order valence-corrected chi connectivity index (χ1v) is 8.21. The van der Waals surface area contributed by atoms with E-state index in [9.17, 15) is 9.90 Å².